The number of carboxylic acid groups (broad SMARTS) is 2. The van der Waals surface area contributed by atoms with Crippen LogP contribution in [0.4, 0.5) is 0 Å². The summed E-state index contributed by atoms with van der Waals surface area (Å²) in [5.41, 5.74) is 0.00121. The van der Waals surface area contributed by atoms with Gasteiger partial charge >= 0.3 is 29.8 Å². The number of hydrogen-bond donors (Lipinski definition) is 2. The highest BCUT2D eigenvalue weighted by Crippen LogP contribution is 2.17. The van der Waals surface area contributed by atoms with Crippen LogP contribution in [0.25, 0.3) is 0 Å². The van der Waals surface area contributed by atoms with Gasteiger partial charge in [0.1, 0.15) is 6.54 Å². The Labute approximate surface area is 207 Å². The zero-order valence-electron chi connectivity index (χ0n) is 20.0. The van der Waals surface area contributed by atoms with Gasteiger partial charge in [0.15, 0.2) is 6.10 Å². The quantitative estimate of drug-likeness (QED) is 0.249. The Bertz CT molecular complexity index is 1080. The predicted octanol–water partition coefficient (Wildman–Crippen LogP) is 1.61. The molecule has 0 saturated carbocycles. The number of carboxylic acids is 2. The number of ether oxygens (including phenoxy) is 3. The second-order valence-corrected chi connectivity index (χ2v) is 8.85. The fourth-order valence-corrected chi connectivity index (χ4v) is 3.17. The fourth-order valence-electron chi connectivity index (χ4n) is 3.17. The third-order valence-corrected chi connectivity index (χ3v) is 4.67. The highest BCUT2D eigenvalue weighted by molar-refractivity contribution is 5.95. The molecule has 0 saturated heterocycles. The van der Waals surface area contributed by atoms with Crippen molar-refractivity contribution in [2.45, 2.75) is 24.7 Å². The average Bonchev–Trinajstić information content (AvgIpc) is 2.80. The molecule has 0 spiro atoms. The van der Waals surface area contributed by atoms with Gasteiger partial charge in [0.2, 0.25) is 12.2 Å². The van der Waals surface area contributed by atoms with Crippen LogP contribution in [-0.2, 0) is 28.6 Å². The van der Waals surface area contributed by atoms with E-state index in [2.05, 4.69) is 0 Å². The summed E-state index contributed by atoms with van der Waals surface area (Å²) in [4.78, 5) is 61.7. The Morgan fingerprint density at radius 3 is 1.56 bits per heavy atom. The smallest absolute Gasteiger partial charge is 0.352 e. The summed E-state index contributed by atoms with van der Waals surface area (Å²) < 4.78 is 15.7. The molecule has 2 aromatic rings. The van der Waals surface area contributed by atoms with Gasteiger partial charge in [-0.2, -0.15) is 0 Å². The van der Waals surface area contributed by atoms with Gasteiger partial charge in [0, 0.05) is 0 Å². The van der Waals surface area contributed by atoms with E-state index in [-0.39, 0.29) is 22.2 Å². The van der Waals surface area contributed by atoms with Crippen molar-refractivity contribution in [3.63, 3.8) is 0 Å². The average molecular weight is 502 g/mol. The van der Waals surface area contributed by atoms with Crippen molar-refractivity contribution in [3.05, 3.63) is 71.8 Å². The van der Waals surface area contributed by atoms with Crippen LogP contribution in [0.3, 0.4) is 0 Å². The van der Waals surface area contributed by atoms with Crippen molar-refractivity contribution in [2.24, 2.45) is 0 Å². The van der Waals surface area contributed by atoms with E-state index < -0.39 is 54.6 Å². The lowest BCUT2D eigenvalue weighted by Crippen LogP contribution is -2.49. The lowest BCUT2D eigenvalue weighted by atomic mass is 10.1. The minimum atomic E-state index is -2.27. The largest absolute Gasteiger partial charge is 0.481 e. The van der Waals surface area contributed by atoms with E-state index in [1.807, 2.05) is 0 Å². The van der Waals surface area contributed by atoms with Crippen molar-refractivity contribution >= 4 is 29.8 Å². The molecule has 0 bridgehead atoms. The molecule has 0 heterocycles. The molecule has 0 radical (unpaired) electrons. The second kappa shape index (κ2) is 12.5. The van der Waals surface area contributed by atoms with Crippen LogP contribution in [0.15, 0.2) is 60.7 Å². The zero-order valence-corrected chi connectivity index (χ0v) is 20.0. The van der Waals surface area contributed by atoms with Gasteiger partial charge in [-0.25, -0.2) is 19.2 Å². The summed E-state index contributed by atoms with van der Waals surface area (Å²) in [6.07, 6.45) is -6.26. The first kappa shape index (κ1) is 28.0. The van der Waals surface area contributed by atoms with Crippen LogP contribution >= 0.6 is 0 Å². The van der Waals surface area contributed by atoms with Gasteiger partial charge in [-0.05, 0) is 24.3 Å². The van der Waals surface area contributed by atoms with Gasteiger partial charge in [0.25, 0.3) is 0 Å². The maximum absolute atomic E-state index is 13.1. The number of esters is 3. The van der Waals surface area contributed by atoms with Crippen LogP contribution in [0, 0.1) is 0 Å². The molecule has 11 nitrogen and oxygen atoms in total. The summed E-state index contributed by atoms with van der Waals surface area (Å²) >= 11 is 0. The first-order chi connectivity index (χ1) is 16.9. The molecule has 0 fully saturated rings. The number of carbonyl (C=O) groups excluding carboxylic acids is 3. The first-order valence-electron chi connectivity index (χ1n) is 10.8. The van der Waals surface area contributed by atoms with Crippen molar-refractivity contribution in [2.75, 3.05) is 27.7 Å². The Kier molecular flexibility index (Phi) is 9.68. The maximum atomic E-state index is 13.1. The number of carbonyl (C=O) groups is 5. The SMILES string of the molecule is C[N+](C)(C)CC(CC(=O)O)OC(=O)C(OC(=O)c1ccccc1)C(OC(=O)c1ccccc1)C(=O)O. The van der Waals surface area contributed by atoms with Crippen LogP contribution < -0.4 is 0 Å². The van der Waals surface area contributed by atoms with Gasteiger partial charge in [-0.1, -0.05) is 36.4 Å². The number of nitrogens with zero attached hydrogens (tertiary/aromatic N) is 1. The number of hydrogen-bond acceptors (Lipinski definition) is 8. The van der Waals surface area contributed by atoms with E-state index >= 15 is 0 Å². The van der Waals surface area contributed by atoms with Gasteiger partial charge in [-0.3, -0.25) is 4.79 Å². The molecule has 11 heteroatoms. The fraction of sp³-hybridized carbons (Fsp3) is 0.320. The van der Waals surface area contributed by atoms with E-state index in [0.717, 1.165) is 0 Å². The first-order valence-corrected chi connectivity index (χ1v) is 10.8. The van der Waals surface area contributed by atoms with Gasteiger partial charge < -0.3 is 28.9 Å². The minimum absolute atomic E-state index is 0.000889. The van der Waals surface area contributed by atoms with Crippen LogP contribution in [-0.4, -0.2) is 90.5 Å². The summed E-state index contributed by atoms with van der Waals surface area (Å²) in [5, 5.41) is 19.0. The van der Waals surface area contributed by atoms with E-state index in [9.17, 15) is 34.2 Å². The molecular weight excluding hydrogens is 474 g/mol. The number of benzene rings is 2. The Morgan fingerprint density at radius 2 is 1.17 bits per heavy atom. The molecule has 2 rings (SSSR count). The zero-order chi connectivity index (χ0) is 26.9. The summed E-state index contributed by atoms with van der Waals surface area (Å²) in [6, 6.07) is 14.8. The third kappa shape index (κ3) is 8.84. The van der Waals surface area contributed by atoms with E-state index in [4.69, 9.17) is 14.2 Å². The lowest BCUT2D eigenvalue weighted by molar-refractivity contribution is -0.873. The molecule has 3 unspecified atom stereocenters. The standard InChI is InChI=1S/C25H27NO10/c1-26(2,3)15-18(14-19(27)28)34-25(33)21(36-24(32)17-12-8-5-9-13-17)20(22(29)30)35-23(31)16-10-6-4-7-11-16/h4-13,18,20-21H,14-15H2,1-3H3,(H-,27,28,29,30)/p+1. The Morgan fingerprint density at radius 1 is 0.722 bits per heavy atom. The van der Waals surface area contributed by atoms with Crippen LogP contribution in [0.1, 0.15) is 27.1 Å². The third-order valence-electron chi connectivity index (χ3n) is 4.67. The summed E-state index contributed by atoms with van der Waals surface area (Å²) in [7, 11) is 5.20. The number of aliphatic carboxylic acids is 2. The molecular formula is C25H28NO10+. The Hall–Kier alpha value is -4.25. The minimum Gasteiger partial charge on any atom is -0.481 e. The van der Waals surface area contributed by atoms with Gasteiger partial charge in [-0.15, -0.1) is 0 Å². The van der Waals surface area contributed by atoms with Crippen molar-refractivity contribution in [3.8, 4) is 0 Å². The van der Waals surface area contributed by atoms with E-state index in [1.54, 1.807) is 33.3 Å². The lowest BCUT2D eigenvalue weighted by Gasteiger charge is -2.30. The molecule has 3 atom stereocenters. The molecule has 0 amide bonds. The predicted molar refractivity (Wildman–Crippen MR) is 124 cm³/mol. The molecule has 0 aliphatic heterocycles. The topological polar surface area (TPSA) is 154 Å². The van der Waals surface area contributed by atoms with Gasteiger partial charge in [0.05, 0.1) is 38.7 Å². The molecule has 0 aliphatic rings. The van der Waals surface area contributed by atoms with E-state index in [1.165, 1.54) is 48.5 Å². The highest BCUT2D eigenvalue weighted by atomic mass is 16.6. The van der Waals surface area contributed by atoms with Crippen LogP contribution in [0.5, 0.6) is 0 Å². The molecule has 2 aromatic carbocycles. The summed E-state index contributed by atoms with van der Waals surface area (Å²) in [6.45, 7) is 0.0545. The summed E-state index contributed by atoms with van der Waals surface area (Å²) in [5.74, 6) is -6.55. The molecule has 36 heavy (non-hydrogen) atoms. The Balaban J connectivity index is 2.38. The monoisotopic (exact) mass is 502 g/mol. The number of quaternary nitrogens is 1. The maximum Gasteiger partial charge on any atom is 0.352 e. The normalized spacial score (nSPS) is 13.5. The van der Waals surface area contributed by atoms with Crippen molar-refractivity contribution < 1.29 is 52.9 Å². The van der Waals surface area contributed by atoms with E-state index in [0.29, 0.717) is 0 Å². The molecule has 2 N–H and O–H groups in total. The highest BCUT2D eigenvalue weighted by Gasteiger charge is 2.43. The molecule has 0 aliphatic carbocycles. The van der Waals surface area contributed by atoms with Crippen molar-refractivity contribution in [1.29, 1.82) is 0 Å². The number of likely N-dealkylation sites (N-methyl/N-ethyl adjacent to an activating group) is 1. The number of rotatable bonds is 12. The molecule has 192 valence electrons. The molecule has 0 aromatic heterocycles. The van der Waals surface area contributed by atoms with Crippen molar-refractivity contribution in [1.82, 2.24) is 0 Å². The van der Waals surface area contributed by atoms with Crippen LogP contribution in [0.2, 0.25) is 0 Å². The second-order valence-electron chi connectivity index (χ2n) is 8.85.